The third-order valence-corrected chi connectivity index (χ3v) is 4.92. The minimum absolute atomic E-state index is 0.193. The van der Waals surface area contributed by atoms with Crippen molar-refractivity contribution in [3.05, 3.63) is 35.4 Å². The molecule has 118 valence electrons. The second kappa shape index (κ2) is 7.42. The van der Waals surface area contributed by atoms with Crippen LogP contribution in [0.3, 0.4) is 0 Å². The molecule has 1 atom stereocenters. The fourth-order valence-corrected chi connectivity index (χ4v) is 3.11. The van der Waals surface area contributed by atoms with Gasteiger partial charge >= 0.3 is 0 Å². The Morgan fingerprint density at radius 1 is 1.19 bits per heavy atom. The average molecular weight is 289 g/mol. The molecule has 0 radical (unpaired) electrons. The van der Waals surface area contributed by atoms with Crippen molar-refractivity contribution in [1.29, 1.82) is 0 Å². The lowest BCUT2D eigenvalue weighted by Gasteiger charge is -2.29. The molecule has 2 nitrogen and oxygen atoms in total. The highest BCUT2D eigenvalue weighted by molar-refractivity contribution is 5.25. The van der Waals surface area contributed by atoms with E-state index in [-0.39, 0.29) is 6.10 Å². The van der Waals surface area contributed by atoms with Crippen LogP contribution in [0.1, 0.15) is 57.8 Å². The minimum Gasteiger partial charge on any atom is -0.372 e. The second-order valence-electron chi connectivity index (χ2n) is 6.98. The Morgan fingerprint density at radius 3 is 2.43 bits per heavy atom. The zero-order chi connectivity index (χ0) is 15.3. The number of ether oxygens (including phenoxy) is 1. The van der Waals surface area contributed by atoms with E-state index < -0.39 is 0 Å². The number of benzene rings is 1. The molecule has 1 aliphatic heterocycles. The van der Waals surface area contributed by atoms with Gasteiger partial charge in [-0.1, -0.05) is 52.0 Å². The fourth-order valence-electron chi connectivity index (χ4n) is 3.11. The van der Waals surface area contributed by atoms with E-state index in [1.807, 2.05) is 0 Å². The summed E-state index contributed by atoms with van der Waals surface area (Å²) in [5, 5.41) is 3.61. The number of hydrogen-bond donors (Lipinski definition) is 1. The molecule has 0 bridgehead atoms. The third-order valence-electron chi connectivity index (χ3n) is 4.92. The first kappa shape index (κ1) is 16.5. The van der Waals surface area contributed by atoms with Crippen molar-refractivity contribution in [1.82, 2.24) is 5.32 Å². The molecule has 1 aliphatic rings. The molecule has 1 unspecified atom stereocenters. The Hall–Kier alpha value is -0.860. The van der Waals surface area contributed by atoms with E-state index in [9.17, 15) is 0 Å². The molecule has 0 aliphatic carbocycles. The van der Waals surface area contributed by atoms with Crippen LogP contribution >= 0.6 is 0 Å². The van der Waals surface area contributed by atoms with Crippen molar-refractivity contribution < 1.29 is 4.74 Å². The smallest absolute Gasteiger partial charge is 0.0949 e. The van der Waals surface area contributed by atoms with Gasteiger partial charge in [0.15, 0.2) is 0 Å². The van der Waals surface area contributed by atoms with E-state index in [0.29, 0.717) is 11.3 Å². The zero-order valence-corrected chi connectivity index (χ0v) is 14.1. The number of hydrogen-bond acceptors (Lipinski definition) is 2. The SMILES string of the molecule is CCC1(CC)CNCC(c2ccc(CC(C)C)cc2)OC1. The number of nitrogens with one attached hydrogen (secondary N) is 1. The molecule has 1 aromatic rings. The first-order chi connectivity index (χ1) is 10.1. The van der Waals surface area contributed by atoms with E-state index >= 15 is 0 Å². The monoisotopic (exact) mass is 289 g/mol. The average Bonchev–Trinajstić information content (AvgIpc) is 2.70. The topological polar surface area (TPSA) is 21.3 Å². The van der Waals surface area contributed by atoms with Gasteiger partial charge in [-0.25, -0.2) is 0 Å². The van der Waals surface area contributed by atoms with E-state index in [1.165, 1.54) is 24.0 Å². The Kier molecular flexibility index (Phi) is 5.83. The van der Waals surface area contributed by atoms with Crippen LogP contribution in [0.5, 0.6) is 0 Å². The van der Waals surface area contributed by atoms with Gasteiger partial charge in [-0.05, 0) is 36.3 Å². The lowest BCUT2D eigenvalue weighted by Crippen LogP contribution is -2.34. The van der Waals surface area contributed by atoms with E-state index in [0.717, 1.165) is 26.1 Å². The molecule has 1 N–H and O–H groups in total. The normalized spacial score (nSPS) is 22.2. The minimum atomic E-state index is 0.193. The second-order valence-corrected chi connectivity index (χ2v) is 6.98. The third kappa shape index (κ3) is 4.31. The van der Waals surface area contributed by atoms with Crippen LogP contribution in [-0.2, 0) is 11.2 Å². The maximum Gasteiger partial charge on any atom is 0.0949 e. The highest BCUT2D eigenvalue weighted by atomic mass is 16.5. The molecular formula is C19H31NO. The molecule has 0 amide bonds. The Balaban J connectivity index is 2.02. The van der Waals surface area contributed by atoms with Crippen molar-refractivity contribution in [3.63, 3.8) is 0 Å². The van der Waals surface area contributed by atoms with Crippen molar-refractivity contribution in [2.75, 3.05) is 19.7 Å². The van der Waals surface area contributed by atoms with Gasteiger partial charge in [-0.2, -0.15) is 0 Å². The molecule has 1 heterocycles. The first-order valence-corrected chi connectivity index (χ1v) is 8.49. The summed E-state index contributed by atoms with van der Waals surface area (Å²) >= 11 is 0. The van der Waals surface area contributed by atoms with E-state index in [2.05, 4.69) is 57.3 Å². The standard InChI is InChI=1S/C19H31NO/c1-5-19(6-2)13-20-12-18(21-14-19)17-9-7-16(8-10-17)11-15(3)4/h7-10,15,18,20H,5-6,11-14H2,1-4H3. The summed E-state index contributed by atoms with van der Waals surface area (Å²) in [6.07, 6.45) is 3.70. The maximum absolute atomic E-state index is 6.25. The van der Waals surface area contributed by atoms with Gasteiger partial charge in [0, 0.05) is 18.5 Å². The lowest BCUT2D eigenvalue weighted by atomic mass is 9.83. The van der Waals surface area contributed by atoms with Gasteiger partial charge < -0.3 is 10.1 Å². The van der Waals surface area contributed by atoms with Crippen molar-refractivity contribution >= 4 is 0 Å². The van der Waals surface area contributed by atoms with Gasteiger partial charge in [0.25, 0.3) is 0 Å². The van der Waals surface area contributed by atoms with Crippen LogP contribution in [0.25, 0.3) is 0 Å². The Morgan fingerprint density at radius 2 is 1.86 bits per heavy atom. The van der Waals surface area contributed by atoms with Crippen LogP contribution in [-0.4, -0.2) is 19.7 Å². The van der Waals surface area contributed by atoms with Gasteiger partial charge in [0.2, 0.25) is 0 Å². The molecule has 0 spiro atoms. The van der Waals surface area contributed by atoms with Crippen LogP contribution in [0.4, 0.5) is 0 Å². The quantitative estimate of drug-likeness (QED) is 0.870. The highest BCUT2D eigenvalue weighted by Crippen LogP contribution is 2.31. The summed E-state index contributed by atoms with van der Waals surface area (Å²) < 4.78 is 6.25. The predicted molar refractivity (Wildman–Crippen MR) is 89.6 cm³/mol. The van der Waals surface area contributed by atoms with Gasteiger partial charge in [0.05, 0.1) is 12.7 Å². The fraction of sp³-hybridized carbons (Fsp3) is 0.684. The van der Waals surface area contributed by atoms with Crippen LogP contribution < -0.4 is 5.32 Å². The van der Waals surface area contributed by atoms with Gasteiger partial charge in [0.1, 0.15) is 0 Å². The molecule has 21 heavy (non-hydrogen) atoms. The van der Waals surface area contributed by atoms with Crippen LogP contribution in [0.2, 0.25) is 0 Å². The van der Waals surface area contributed by atoms with Crippen molar-refractivity contribution in [3.8, 4) is 0 Å². The van der Waals surface area contributed by atoms with Crippen molar-refractivity contribution in [2.45, 2.75) is 53.1 Å². The van der Waals surface area contributed by atoms with Crippen LogP contribution in [0.15, 0.2) is 24.3 Å². The molecule has 0 aromatic heterocycles. The van der Waals surface area contributed by atoms with Gasteiger partial charge in [-0.15, -0.1) is 0 Å². The summed E-state index contributed by atoms with van der Waals surface area (Å²) in [7, 11) is 0. The Bertz CT molecular complexity index is 420. The highest BCUT2D eigenvalue weighted by Gasteiger charge is 2.31. The number of rotatable bonds is 5. The predicted octanol–water partition coefficient (Wildman–Crippen LogP) is 4.35. The van der Waals surface area contributed by atoms with Gasteiger partial charge in [-0.3, -0.25) is 0 Å². The Labute approximate surface area is 130 Å². The van der Waals surface area contributed by atoms with E-state index in [4.69, 9.17) is 4.74 Å². The zero-order valence-electron chi connectivity index (χ0n) is 14.1. The maximum atomic E-state index is 6.25. The van der Waals surface area contributed by atoms with Crippen molar-refractivity contribution in [2.24, 2.45) is 11.3 Å². The summed E-state index contributed by atoms with van der Waals surface area (Å²) in [5.74, 6) is 0.710. The largest absolute Gasteiger partial charge is 0.372 e. The molecule has 2 rings (SSSR count). The van der Waals surface area contributed by atoms with Crippen LogP contribution in [0, 0.1) is 11.3 Å². The summed E-state index contributed by atoms with van der Waals surface area (Å²) in [6.45, 7) is 11.9. The molecule has 1 fully saturated rings. The summed E-state index contributed by atoms with van der Waals surface area (Å²) in [6, 6.07) is 9.01. The molecular weight excluding hydrogens is 258 g/mol. The molecule has 0 saturated carbocycles. The molecule has 1 aromatic carbocycles. The summed E-state index contributed by atoms with van der Waals surface area (Å²) in [4.78, 5) is 0. The first-order valence-electron chi connectivity index (χ1n) is 8.49. The molecule has 2 heteroatoms. The summed E-state index contributed by atoms with van der Waals surface area (Å²) in [5.41, 5.74) is 3.04. The molecule has 1 saturated heterocycles. The lowest BCUT2D eigenvalue weighted by molar-refractivity contribution is 0.0103. The van der Waals surface area contributed by atoms with E-state index in [1.54, 1.807) is 0 Å².